The Morgan fingerprint density at radius 2 is 1.60 bits per heavy atom. The lowest BCUT2D eigenvalue weighted by atomic mass is 10.0. The second-order valence-corrected chi connectivity index (χ2v) is 9.77. The fraction of sp³-hybridized carbons (Fsp3) is 0.333. The zero-order valence-corrected chi connectivity index (χ0v) is 21.7. The van der Waals surface area contributed by atoms with Gasteiger partial charge in [0.1, 0.15) is 0 Å². The largest absolute Gasteiger partial charge is 0.377 e. The topological polar surface area (TPSA) is 52.7 Å². The van der Waals surface area contributed by atoms with Gasteiger partial charge in [-0.3, -0.25) is 9.59 Å². The van der Waals surface area contributed by atoms with Crippen molar-refractivity contribution in [3.05, 3.63) is 95.1 Å². The molecule has 0 bridgehead atoms. The Labute approximate surface area is 209 Å². The average molecular weight is 472 g/mol. The number of nitrogens with one attached hydrogen (secondary N) is 1. The smallest absolute Gasteiger partial charge is 0.254 e. The van der Waals surface area contributed by atoms with E-state index in [0.717, 1.165) is 28.1 Å². The SMILES string of the molecule is Cc1cccc(C(=O)N(Cc2cc(NC(=O)CC(C)C)ccc2N(C)C)C(C)c2ccccc2)c1. The lowest BCUT2D eigenvalue weighted by Crippen LogP contribution is -2.34. The Kier molecular flexibility index (Phi) is 8.69. The minimum atomic E-state index is -0.140. The number of rotatable bonds is 9. The van der Waals surface area contributed by atoms with Gasteiger partial charge in [-0.05, 0) is 61.2 Å². The minimum Gasteiger partial charge on any atom is -0.377 e. The highest BCUT2D eigenvalue weighted by molar-refractivity contribution is 5.95. The molecule has 35 heavy (non-hydrogen) atoms. The number of carbonyl (C=O) groups is 2. The molecule has 0 saturated carbocycles. The summed E-state index contributed by atoms with van der Waals surface area (Å²) in [6.07, 6.45) is 0.466. The van der Waals surface area contributed by atoms with Gasteiger partial charge in [0, 0.05) is 44.0 Å². The molecule has 0 spiro atoms. The first-order valence-electron chi connectivity index (χ1n) is 12.2. The van der Waals surface area contributed by atoms with Crippen LogP contribution < -0.4 is 10.2 Å². The van der Waals surface area contributed by atoms with Crippen LogP contribution in [0.15, 0.2) is 72.8 Å². The van der Waals surface area contributed by atoms with E-state index in [1.807, 2.05) is 105 Å². The van der Waals surface area contributed by atoms with Crippen LogP contribution in [0.5, 0.6) is 0 Å². The van der Waals surface area contributed by atoms with E-state index in [-0.39, 0.29) is 23.8 Å². The first kappa shape index (κ1) is 26.0. The van der Waals surface area contributed by atoms with Crippen molar-refractivity contribution in [2.45, 2.75) is 46.7 Å². The van der Waals surface area contributed by atoms with Crippen LogP contribution in [0.3, 0.4) is 0 Å². The van der Waals surface area contributed by atoms with Crippen molar-refractivity contribution >= 4 is 23.2 Å². The third kappa shape index (κ3) is 6.95. The lowest BCUT2D eigenvalue weighted by molar-refractivity contribution is -0.116. The van der Waals surface area contributed by atoms with Gasteiger partial charge < -0.3 is 15.1 Å². The van der Waals surface area contributed by atoms with Crippen LogP contribution >= 0.6 is 0 Å². The second-order valence-electron chi connectivity index (χ2n) is 9.77. The average Bonchev–Trinajstić information content (AvgIpc) is 2.81. The van der Waals surface area contributed by atoms with Gasteiger partial charge in [-0.25, -0.2) is 0 Å². The van der Waals surface area contributed by atoms with Gasteiger partial charge in [-0.2, -0.15) is 0 Å². The minimum absolute atomic E-state index is 0.00565. The molecule has 0 saturated heterocycles. The quantitative estimate of drug-likeness (QED) is 0.390. The van der Waals surface area contributed by atoms with Gasteiger partial charge in [-0.15, -0.1) is 0 Å². The standard InChI is InChI=1S/C30H37N3O2/c1-21(2)17-29(34)31-27-15-16-28(32(5)6)26(19-27)20-33(23(4)24-12-8-7-9-13-24)30(35)25-14-10-11-22(3)18-25/h7-16,18-19,21,23H,17,20H2,1-6H3,(H,31,34). The van der Waals surface area contributed by atoms with Crippen LogP contribution in [0.1, 0.15) is 60.3 Å². The fourth-order valence-corrected chi connectivity index (χ4v) is 4.23. The van der Waals surface area contributed by atoms with Gasteiger partial charge in [0.05, 0.1) is 6.04 Å². The van der Waals surface area contributed by atoms with Crippen molar-refractivity contribution in [3.8, 4) is 0 Å². The summed E-state index contributed by atoms with van der Waals surface area (Å²) in [6.45, 7) is 8.52. The van der Waals surface area contributed by atoms with E-state index in [9.17, 15) is 9.59 Å². The van der Waals surface area contributed by atoms with Gasteiger partial charge in [-0.1, -0.05) is 61.9 Å². The number of anilines is 2. The number of benzene rings is 3. The Balaban J connectivity index is 2.01. The van der Waals surface area contributed by atoms with Gasteiger partial charge in [0.2, 0.25) is 5.91 Å². The first-order chi connectivity index (χ1) is 16.7. The number of nitrogens with zero attached hydrogens (tertiary/aromatic N) is 2. The summed E-state index contributed by atoms with van der Waals surface area (Å²) >= 11 is 0. The number of hydrogen-bond acceptors (Lipinski definition) is 3. The van der Waals surface area contributed by atoms with Gasteiger partial charge in [0.25, 0.3) is 5.91 Å². The normalized spacial score (nSPS) is 11.7. The molecule has 1 N–H and O–H groups in total. The number of hydrogen-bond donors (Lipinski definition) is 1. The van der Waals surface area contributed by atoms with Crippen molar-refractivity contribution < 1.29 is 9.59 Å². The molecule has 0 aromatic heterocycles. The van der Waals surface area contributed by atoms with E-state index < -0.39 is 0 Å². The van der Waals surface area contributed by atoms with E-state index in [2.05, 4.69) is 24.4 Å². The van der Waals surface area contributed by atoms with Crippen molar-refractivity contribution in [1.82, 2.24) is 4.90 Å². The van der Waals surface area contributed by atoms with E-state index in [0.29, 0.717) is 18.5 Å². The molecule has 3 rings (SSSR count). The highest BCUT2D eigenvalue weighted by Gasteiger charge is 2.25. The highest BCUT2D eigenvalue weighted by Crippen LogP contribution is 2.30. The molecular weight excluding hydrogens is 434 g/mol. The fourth-order valence-electron chi connectivity index (χ4n) is 4.23. The monoisotopic (exact) mass is 471 g/mol. The molecular formula is C30H37N3O2. The van der Waals surface area contributed by atoms with Crippen molar-refractivity contribution in [3.63, 3.8) is 0 Å². The van der Waals surface area contributed by atoms with E-state index in [1.54, 1.807) is 0 Å². The Hall–Kier alpha value is -3.60. The zero-order chi connectivity index (χ0) is 25.5. The van der Waals surface area contributed by atoms with E-state index in [1.165, 1.54) is 0 Å². The molecule has 0 heterocycles. The molecule has 0 aliphatic rings. The zero-order valence-electron chi connectivity index (χ0n) is 21.7. The Morgan fingerprint density at radius 3 is 2.23 bits per heavy atom. The maximum Gasteiger partial charge on any atom is 0.254 e. The van der Waals surface area contributed by atoms with Crippen LogP contribution in [0.4, 0.5) is 11.4 Å². The molecule has 0 aliphatic carbocycles. The van der Waals surface area contributed by atoms with Crippen molar-refractivity contribution in [2.75, 3.05) is 24.3 Å². The van der Waals surface area contributed by atoms with Gasteiger partial charge in [0.15, 0.2) is 0 Å². The Bertz CT molecular complexity index is 1160. The summed E-state index contributed by atoms with van der Waals surface area (Å²) in [5.41, 5.74) is 5.51. The third-order valence-electron chi connectivity index (χ3n) is 6.05. The molecule has 5 nitrogen and oxygen atoms in total. The Morgan fingerprint density at radius 1 is 0.886 bits per heavy atom. The summed E-state index contributed by atoms with van der Waals surface area (Å²) in [5, 5.41) is 3.02. The molecule has 1 atom stereocenters. The van der Waals surface area contributed by atoms with Crippen LogP contribution in [0.25, 0.3) is 0 Å². The first-order valence-corrected chi connectivity index (χ1v) is 12.2. The predicted molar refractivity (Wildman–Crippen MR) is 145 cm³/mol. The van der Waals surface area contributed by atoms with Crippen molar-refractivity contribution in [1.29, 1.82) is 0 Å². The molecule has 0 radical (unpaired) electrons. The lowest BCUT2D eigenvalue weighted by Gasteiger charge is -2.32. The third-order valence-corrected chi connectivity index (χ3v) is 6.05. The van der Waals surface area contributed by atoms with E-state index >= 15 is 0 Å². The molecule has 184 valence electrons. The predicted octanol–water partition coefficient (Wildman–Crippen LogP) is 6.45. The molecule has 1 unspecified atom stereocenters. The number of amides is 2. The van der Waals surface area contributed by atoms with Crippen LogP contribution in [-0.2, 0) is 11.3 Å². The summed E-state index contributed by atoms with van der Waals surface area (Å²) in [7, 11) is 3.98. The summed E-state index contributed by atoms with van der Waals surface area (Å²) < 4.78 is 0. The van der Waals surface area contributed by atoms with Crippen molar-refractivity contribution in [2.24, 2.45) is 5.92 Å². The highest BCUT2D eigenvalue weighted by atomic mass is 16.2. The number of aryl methyl sites for hydroxylation is 1. The van der Waals surface area contributed by atoms with Crippen LogP contribution in [0, 0.1) is 12.8 Å². The molecule has 0 fully saturated rings. The molecule has 5 heteroatoms. The summed E-state index contributed by atoms with van der Waals surface area (Å²) in [5.74, 6) is 0.252. The van der Waals surface area contributed by atoms with Crippen LogP contribution in [-0.4, -0.2) is 30.8 Å². The summed E-state index contributed by atoms with van der Waals surface area (Å²) in [4.78, 5) is 30.2. The maximum atomic E-state index is 13.8. The van der Waals surface area contributed by atoms with E-state index in [4.69, 9.17) is 0 Å². The molecule has 2 amide bonds. The second kappa shape index (κ2) is 11.7. The molecule has 3 aromatic rings. The van der Waals surface area contributed by atoms with Gasteiger partial charge >= 0.3 is 0 Å². The number of carbonyl (C=O) groups excluding carboxylic acids is 2. The van der Waals surface area contributed by atoms with Crippen LogP contribution in [0.2, 0.25) is 0 Å². The summed E-state index contributed by atoms with van der Waals surface area (Å²) in [6, 6.07) is 23.6. The molecule has 3 aromatic carbocycles. The molecule has 0 aliphatic heterocycles. The maximum absolute atomic E-state index is 13.8.